The molecule has 3 N–H and O–H groups in total. The minimum Gasteiger partial charge on any atom is -0.394 e. The molecule has 11 heavy (non-hydrogen) atoms. The van der Waals surface area contributed by atoms with E-state index in [1.807, 2.05) is 0 Å². The molecule has 4 nitrogen and oxygen atoms in total. The molecule has 1 rings (SSSR count). The second-order valence-corrected chi connectivity index (χ2v) is 2.93. The van der Waals surface area contributed by atoms with Gasteiger partial charge < -0.3 is 20.1 Å². The molecule has 1 aliphatic heterocycles. The summed E-state index contributed by atoms with van der Waals surface area (Å²) in [5.41, 5.74) is 0. The van der Waals surface area contributed by atoms with Crippen molar-refractivity contribution in [3.05, 3.63) is 0 Å². The van der Waals surface area contributed by atoms with E-state index >= 15 is 0 Å². The van der Waals surface area contributed by atoms with Crippen molar-refractivity contribution in [2.45, 2.75) is 37.8 Å². The van der Waals surface area contributed by atoms with Crippen molar-refractivity contribution in [3.63, 3.8) is 0 Å². The van der Waals surface area contributed by atoms with Gasteiger partial charge in [-0.2, -0.15) is 0 Å². The van der Waals surface area contributed by atoms with E-state index in [-0.39, 0.29) is 19.1 Å². The van der Waals surface area contributed by atoms with E-state index in [4.69, 9.17) is 9.84 Å². The first-order valence-electron chi connectivity index (χ1n) is 3.77. The highest BCUT2D eigenvalue weighted by Gasteiger charge is 2.32. The van der Waals surface area contributed by atoms with E-state index in [1.54, 1.807) is 6.92 Å². The third-order valence-corrected chi connectivity index (χ3v) is 2.02. The Bertz CT molecular complexity index is 128. The Morgan fingerprint density at radius 3 is 2.55 bits per heavy atom. The maximum atomic E-state index is 9.21. The van der Waals surface area contributed by atoms with Crippen LogP contribution in [0.25, 0.3) is 0 Å². The van der Waals surface area contributed by atoms with Crippen LogP contribution in [0.1, 0.15) is 13.3 Å². The van der Waals surface area contributed by atoms with Crippen LogP contribution in [0.2, 0.25) is 0 Å². The monoisotopic (exact) mass is 162 g/mol. The van der Waals surface area contributed by atoms with Crippen LogP contribution in [0.5, 0.6) is 0 Å². The fourth-order valence-electron chi connectivity index (χ4n) is 1.21. The Balaban J connectivity index is 2.48. The fraction of sp³-hybridized carbons (Fsp3) is 1.00. The molecule has 1 fully saturated rings. The molecule has 0 aromatic carbocycles. The van der Waals surface area contributed by atoms with E-state index in [0.717, 1.165) is 0 Å². The van der Waals surface area contributed by atoms with Crippen molar-refractivity contribution >= 4 is 0 Å². The molecule has 0 bridgehead atoms. The number of hydrogen-bond donors (Lipinski definition) is 3. The van der Waals surface area contributed by atoms with E-state index in [2.05, 4.69) is 0 Å². The molecule has 0 aliphatic carbocycles. The zero-order chi connectivity index (χ0) is 8.43. The average Bonchev–Trinajstić information content (AvgIpc) is 1.97. The average molecular weight is 162 g/mol. The van der Waals surface area contributed by atoms with Crippen LogP contribution < -0.4 is 0 Å². The maximum Gasteiger partial charge on any atom is 0.107 e. The van der Waals surface area contributed by atoms with Gasteiger partial charge in [0.1, 0.15) is 6.10 Å². The second-order valence-electron chi connectivity index (χ2n) is 2.93. The predicted molar refractivity (Wildman–Crippen MR) is 38.1 cm³/mol. The normalized spacial score (nSPS) is 45.8. The quantitative estimate of drug-likeness (QED) is 0.456. The SMILES string of the molecule is C[C@@H]1OC(CO)[C@@H](O)C[C@@H]1O. The fourth-order valence-corrected chi connectivity index (χ4v) is 1.21. The van der Waals surface area contributed by atoms with Crippen molar-refractivity contribution in [3.8, 4) is 0 Å². The van der Waals surface area contributed by atoms with Gasteiger partial charge in [-0.15, -0.1) is 0 Å². The van der Waals surface area contributed by atoms with Gasteiger partial charge in [-0.05, 0) is 6.92 Å². The summed E-state index contributed by atoms with van der Waals surface area (Å²) >= 11 is 0. The molecule has 1 saturated heterocycles. The van der Waals surface area contributed by atoms with E-state index < -0.39 is 18.3 Å². The van der Waals surface area contributed by atoms with Gasteiger partial charge in [0.25, 0.3) is 0 Å². The summed E-state index contributed by atoms with van der Waals surface area (Å²) in [5, 5.41) is 27.1. The van der Waals surface area contributed by atoms with Crippen LogP contribution in [-0.4, -0.2) is 46.3 Å². The summed E-state index contributed by atoms with van der Waals surface area (Å²) in [4.78, 5) is 0. The molecule has 1 heterocycles. The van der Waals surface area contributed by atoms with Gasteiger partial charge in [0.05, 0.1) is 24.9 Å². The molecular formula is C7H14O4. The molecule has 4 atom stereocenters. The van der Waals surface area contributed by atoms with Crippen LogP contribution in [0.4, 0.5) is 0 Å². The van der Waals surface area contributed by atoms with Crippen molar-refractivity contribution in [1.82, 2.24) is 0 Å². The molecule has 0 radical (unpaired) electrons. The van der Waals surface area contributed by atoms with Crippen molar-refractivity contribution in [1.29, 1.82) is 0 Å². The Hall–Kier alpha value is -0.160. The molecule has 66 valence electrons. The number of aliphatic hydroxyl groups excluding tert-OH is 3. The van der Waals surface area contributed by atoms with Gasteiger partial charge in [0.2, 0.25) is 0 Å². The lowest BCUT2D eigenvalue weighted by Crippen LogP contribution is -2.47. The first kappa shape index (κ1) is 8.93. The molecule has 0 aromatic rings. The zero-order valence-corrected chi connectivity index (χ0v) is 6.47. The predicted octanol–water partition coefficient (Wildman–Crippen LogP) is -1.12. The largest absolute Gasteiger partial charge is 0.394 e. The number of rotatable bonds is 1. The first-order valence-corrected chi connectivity index (χ1v) is 3.77. The highest BCUT2D eigenvalue weighted by molar-refractivity contribution is 4.81. The third-order valence-electron chi connectivity index (χ3n) is 2.02. The first-order chi connectivity index (χ1) is 5.15. The van der Waals surface area contributed by atoms with Crippen LogP contribution >= 0.6 is 0 Å². The summed E-state index contributed by atoms with van der Waals surface area (Å²) < 4.78 is 5.11. The molecule has 0 amide bonds. The molecule has 1 unspecified atom stereocenters. The van der Waals surface area contributed by atoms with Crippen LogP contribution in [-0.2, 0) is 4.74 Å². The third kappa shape index (κ3) is 1.90. The number of ether oxygens (including phenoxy) is 1. The highest BCUT2D eigenvalue weighted by atomic mass is 16.5. The standard InChI is InChI=1S/C7H14O4/c1-4-5(9)2-6(10)7(3-8)11-4/h4-10H,2-3H2,1H3/t4-,5-,6-,7?/m0/s1. The van der Waals surface area contributed by atoms with Crippen LogP contribution in [0.15, 0.2) is 0 Å². The number of aliphatic hydroxyl groups is 3. The second kappa shape index (κ2) is 3.49. The number of hydrogen-bond acceptors (Lipinski definition) is 4. The van der Waals surface area contributed by atoms with Gasteiger partial charge in [-0.1, -0.05) is 0 Å². The molecular weight excluding hydrogens is 148 g/mol. The Morgan fingerprint density at radius 1 is 1.36 bits per heavy atom. The molecule has 0 spiro atoms. The highest BCUT2D eigenvalue weighted by Crippen LogP contribution is 2.19. The minimum absolute atomic E-state index is 0.196. The van der Waals surface area contributed by atoms with Crippen molar-refractivity contribution in [2.24, 2.45) is 0 Å². The molecule has 4 heteroatoms. The lowest BCUT2D eigenvalue weighted by Gasteiger charge is -2.34. The summed E-state index contributed by atoms with van der Waals surface area (Å²) in [7, 11) is 0. The summed E-state index contributed by atoms with van der Waals surface area (Å²) in [6.07, 6.45) is -1.91. The maximum absolute atomic E-state index is 9.21. The van der Waals surface area contributed by atoms with Crippen molar-refractivity contribution < 1.29 is 20.1 Å². The Kier molecular flexibility index (Phi) is 2.84. The summed E-state index contributed by atoms with van der Waals surface area (Å²) in [6, 6.07) is 0. The van der Waals surface area contributed by atoms with Crippen LogP contribution in [0.3, 0.4) is 0 Å². The van der Waals surface area contributed by atoms with E-state index in [1.165, 1.54) is 0 Å². The van der Waals surface area contributed by atoms with Gasteiger partial charge in [0, 0.05) is 6.42 Å². The Labute approximate surface area is 65.4 Å². The minimum atomic E-state index is -0.744. The lowest BCUT2D eigenvalue weighted by molar-refractivity contribution is -0.173. The van der Waals surface area contributed by atoms with Gasteiger partial charge >= 0.3 is 0 Å². The molecule has 0 saturated carbocycles. The van der Waals surface area contributed by atoms with Crippen molar-refractivity contribution in [2.75, 3.05) is 6.61 Å². The van der Waals surface area contributed by atoms with E-state index in [0.29, 0.717) is 0 Å². The van der Waals surface area contributed by atoms with Gasteiger partial charge in [0.15, 0.2) is 0 Å². The summed E-state index contributed by atoms with van der Waals surface area (Å²) in [5.74, 6) is 0. The zero-order valence-electron chi connectivity index (χ0n) is 6.47. The van der Waals surface area contributed by atoms with Crippen LogP contribution in [0, 0.1) is 0 Å². The van der Waals surface area contributed by atoms with Gasteiger partial charge in [-0.3, -0.25) is 0 Å². The van der Waals surface area contributed by atoms with Gasteiger partial charge in [-0.25, -0.2) is 0 Å². The lowest BCUT2D eigenvalue weighted by atomic mass is 10.00. The smallest absolute Gasteiger partial charge is 0.107 e. The molecule has 1 aliphatic rings. The molecule has 0 aromatic heterocycles. The van der Waals surface area contributed by atoms with E-state index in [9.17, 15) is 10.2 Å². The Morgan fingerprint density at radius 2 is 2.00 bits per heavy atom. The topological polar surface area (TPSA) is 69.9 Å². The summed E-state index contributed by atoms with van der Waals surface area (Å²) in [6.45, 7) is 1.53.